The summed E-state index contributed by atoms with van der Waals surface area (Å²) in [4.78, 5) is 20.4. The third-order valence-corrected chi connectivity index (χ3v) is 3.63. The molecule has 24 heavy (non-hydrogen) atoms. The Morgan fingerprint density at radius 2 is 2.08 bits per heavy atom. The van der Waals surface area contributed by atoms with Crippen LogP contribution in [0.25, 0.3) is 0 Å². The maximum atomic E-state index is 12.1. The van der Waals surface area contributed by atoms with E-state index in [0.717, 1.165) is 12.0 Å². The van der Waals surface area contributed by atoms with E-state index in [0.29, 0.717) is 37.1 Å². The predicted molar refractivity (Wildman–Crippen MR) is 86.0 cm³/mol. The lowest BCUT2D eigenvalue weighted by Crippen LogP contribution is -2.23. The van der Waals surface area contributed by atoms with Gasteiger partial charge in [-0.25, -0.2) is 9.97 Å². The summed E-state index contributed by atoms with van der Waals surface area (Å²) in [6.45, 7) is 1.68. The average Bonchev–Trinajstić information content (AvgIpc) is 3.14. The van der Waals surface area contributed by atoms with Gasteiger partial charge >= 0.3 is 0 Å². The van der Waals surface area contributed by atoms with Crippen LogP contribution in [-0.2, 0) is 11.3 Å². The zero-order chi connectivity index (χ0) is 16.8. The van der Waals surface area contributed by atoms with Crippen LogP contribution in [0.1, 0.15) is 22.3 Å². The highest BCUT2D eigenvalue weighted by Gasteiger charge is 2.17. The largest absolute Gasteiger partial charge is 0.481 e. The molecule has 2 aromatic rings. The van der Waals surface area contributed by atoms with Crippen LogP contribution in [0.4, 0.5) is 0 Å². The van der Waals surface area contributed by atoms with Gasteiger partial charge in [-0.2, -0.15) is 0 Å². The Bertz CT molecular complexity index is 667. The lowest BCUT2D eigenvalue weighted by Gasteiger charge is -2.11. The lowest BCUT2D eigenvalue weighted by molar-refractivity contribution is 0.0950. The first kappa shape index (κ1) is 16.2. The highest BCUT2D eigenvalue weighted by atomic mass is 16.5. The molecular formula is C17H19N3O4. The molecule has 126 valence electrons. The summed E-state index contributed by atoms with van der Waals surface area (Å²) in [7, 11) is 1.56. The topological polar surface area (TPSA) is 82.6 Å². The summed E-state index contributed by atoms with van der Waals surface area (Å²) >= 11 is 0. The normalized spacial score (nSPS) is 16.6. The summed E-state index contributed by atoms with van der Waals surface area (Å²) < 4.78 is 15.9. The van der Waals surface area contributed by atoms with Gasteiger partial charge in [0.1, 0.15) is 6.10 Å². The molecule has 7 nitrogen and oxygen atoms in total. The molecule has 0 spiro atoms. The van der Waals surface area contributed by atoms with Gasteiger partial charge in [0.05, 0.1) is 25.9 Å². The van der Waals surface area contributed by atoms with Crippen LogP contribution in [0.15, 0.2) is 36.7 Å². The van der Waals surface area contributed by atoms with Crippen molar-refractivity contribution in [2.75, 3.05) is 20.3 Å². The number of carbonyl (C=O) groups excluding carboxylic acids is 1. The third-order valence-electron chi connectivity index (χ3n) is 3.63. The molecule has 0 bridgehead atoms. The standard InChI is InChI=1S/C17H19N3O4/c1-22-15-4-2-12(8-18-15)9-20-17(21)13-3-5-16(19-10-13)24-14-6-7-23-11-14/h2-5,8,10,14H,6-7,9,11H2,1H3,(H,20,21). The number of methoxy groups -OCH3 is 1. The molecule has 1 N–H and O–H groups in total. The van der Waals surface area contributed by atoms with E-state index >= 15 is 0 Å². The maximum absolute atomic E-state index is 12.1. The Balaban J connectivity index is 1.52. The van der Waals surface area contributed by atoms with Crippen molar-refractivity contribution in [1.82, 2.24) is 15.3 Å². The van der Waals surface area contributed by atoms with Crippen LogP contribution in [0.5, 0.6) is 11.8 Å². The van der Waals surface area contributed by atoms with Crippen LogP contribution >= 0.6 is 0 Å². The SMILES string of the molecule is COc1ccc(CNC(=O)c2ccc(OC3CCOC3)nc2)cn1. The van der Waals surface area contributed by atoms with Crippen LogP contribution in [0.3, 0.4) is 0 Å². The minimum Gasteiger partial charge on any atom is -0.481 e. The molecule has 0 aromatic carbocycles. The molecular weight excluding hydrogens is 310 g/mol. The molecule has 1 aliphatic rings. The fourth-order valence-electron chi connectivity index (χ4n) is 2.28. The zero-order valence-corrected chi connectivity index (χ0v) is 13.4. The molecule has 1 saturated heterocycles. The van der Waals surface area contributed by atoms with E-state index in [-0.39, 0.29) is 12.0 Å². The zero-order valence-electron chi connectivity index (χ0n) is 13.4. The Hall–Kier alpha value is -2.67. The van der Waals surface area contributed by atoms with Crippen molar-refractivity contribution < 1.29 is 19.0 Å². The number of carbonyl (C=O) groups is 1. The average molecular weight is 329 g/mol. The molecule has 1 unspecified atom stereocenters. The molecule has 1 fully saturated rings. The molecule has 1 aliphatic heterocycles. The predicted octanol–water partition coefficient (Wildman–Crippen LogP) is 1.58. The fraction of sp³-hybridized carbons (Fsp3) is 0.353. The van der Waals surface area contributed by atoms with Gasteiger partial charge in [0.2, 0.25) is 11.8 Å². The van der Waals surface area contributed by atoms with Crippen molar-refractivity contribution in [3.63, 3.8) is 0 Å². The summed E-state index contributed by atoms with van der Waals surface area (Å²) in [6.07, 6.45) is 4.07. The number of nitrogens with zero attached hydrogens (tertiary/aromatic N) is 2. The fourth-order valence-corrected chi connectivity index (χ4v) is 2.28. The minimum atomic E-state index is -0.200. The van der Waals surface area contributed by atoms with Crippen molar-refractivity contribution in [2.24, 2.45) is 0 Å². The van der Waals surface area contributed by atoms with Gasteiger partial charge in [0, 0.05) is 37.5 Å². The van der Waals surface area contributed by atoms with Crippen LogP contribution in [0, 0.1) is 0 Å². The Morgan fingerprint density at radius 1 is 1.25 bits per heavy atom. The summed E-state index contributed by atoms with van der Waals surface area (Å²) in [5.41, 5.74) is 1.37. The third kappa shape index (κ3) is 4.20. The second kappa shape index (κ2) is 7.74. The van der Waals surface area contributed by atoms with E-state index in [2.05, 4.69) is 15.3 Å². The van der Waals surface area contributed by atoms with Crippen LogP contribution < -0.4 is 14.8 Å². The second-order valence-electron chi connectivity index (χ2n) is 5.38. The molecule has 0 saturated carbocycles. The highest BCUT2D eigenvalue weighted by Crippen LogP contribution is 2.14. The number of pyridine rings is 2. The first-order chi connectivity index (χ1) is 11.7. The number of hydrogen-bond donors (Lipinski definition) is 1. The van der Waals surface area contributed by atoms with E-state index in [9.17, 15) is 4.79 Å². The van der Waals surface area contributed by atoms with Gasteiger partial charge in [-0.1, -0.05) is 6.07 Å². The van der Waals surface area contributed by atoms with Gasteiger partial charge in [-0.15, -0.1) is 0 Å². The van der Waals surface area contributed by atoms with E-state index in [1.165, 1.54) is 6.20 Å². The maximum Gasteiger partial charge on any atom is 0.253 e. The molecule has 1 atom stereocenters. The first-order valence-corrected chi connectivity index (χ1v) is 7.72. The molecule has 0 radical (unpaired) electrons. The quantitative estimate of drug-likeness (QED) is 0.866. The van der Waals surface area contributed by atoms with E-state index in [4.69, 9.17) is 14.2 Å². The summed E-state index contributed by atoms with van der Waals surface area (Å²) in [5.74, 6) is 0.841. The molecule has 7 heteroatoms. The Morgan fingerprint density at radius 3 is 2.71 bits per heavy atom. The van der Waals surface area contributed by atoms with Crippen molar-refractivity contribution in [3.8, 4) is 11.8 Å². The second-order valence-corrected chi connectivity index (χ2v) is 5.38. The van der Waals surface area contributed by atoms with Gasteiger partial charge < -0.3 is 19.5 Å². The van der Waals surface area contributed by atoms with Gasteiger partial charge in [0.25, 0.3) is 5.91 Å². The molecule has 1 amide bonds. The number of ether oxygens (including phenoxy) is 3. The molecule has 3 rings (SSSR count). The monoisotopic (exact) mass is 329 g/mol. The van der Waals surface area contributed by atoms with Crippen molar-refractivity contribution in [3.05, 3.63) is 47.8 Å². The lowest BCUT2D eigenvalue weighted by atomic mass is 10.2. The number of rotatable bonds is 6. The van der Waals surface area contributed by atoms with E-state index in [1.54, 1.807) is 31.5 Å². The Labute approximate surface area is 140 Å². The number of nitrogens with one attached hydrogen (secondary N) is 1. The molecule has 2 aromatic heterocycles. The summed E-state index contributed by atoms with van der Waals surface area (Å²) in [6, 6.07) is 6.99. The van der Waals surface area contributed by atoms with Crippen LogP contribution in [0.2, 0.25) is 0 Å². The van der Waals surface area contributed by atoms with Crippen molar-refractivity contribution in [1.29, 1.82) is 0 Å². The van der Waals surface area contributed by atoms with E-state index in [1.807, 2.05) is 6.07 Å². The molecule has 0 aliphatic carbocycles. The van der Waals surface area contributed by atoms with Gasteiger partial charge in [-0.05, 0) is 11.6 Å². The molecule has 3 heterocycles. The number of amides is 1. The number of hydrogen-bond acceptors (Lipinski definition) is 6. The van der Waals surface area contributed by atoms with E-state index < -0.39 is 0 Å². The highest BCUT2D eigenvalue weighted by molar-refractivity contribution is 5.93. The van der Waals surface area contributed by atoms with Gasteiger partial charge in [-0.3, -0.25) is 4.79 Å². The van der Waals surface area contributed by atoms with Crippen molar-refractivity contribution >= 4 is 5.91 Å². The minimum absolute atomic E-state index is 0.0414. The number of aromatic nitrogens is 2. The Kier molecular flexibility index (Phi) is 5.22. The van der Waals surface area contributed by atoms with Crippen molar-refractivity contribution in [2.45, 2.75) is 19.1 Å². The first-order valence-electron chi connectivity index (χ1n) is 7.72. The summed E-state index contributed by atoms with van der Waals surface area (Å²) in [5, 5.41) is 2.82. The van der Waals surface area contributed by atoms with Crippen LogP contribution in [-0.4, -0.2) is 42.3 Å². The van der Waals surface area contributed by atoms with Gasteiger partial charge in [0.15, 0.2) is 0 Å². The smallest absolute Gasteiger partial charge is 0.253 e.